The second-order valence-corrected chi connectivity index (χ2v) is 9.61. The van der Waals surface area contributed by atoms with Crippen LogP contribution in [0.1, 0.15) is 17.2 Å². The number of fused-ring (bicyclic) bond motifs is 1. The Bertz CT molecular complexity index is 1610. The fourth-order valence-electron chi connectivity index (χ4n) is 4.25. The van der Waals surface area contributed by atoms with E-state index in [4.69, 9.17) is 5.14 Å². The minimum Gasteiger partial charge on any atom is -0.507 e. The van der Waals surface area contributed by atoms with Gasteiger partial charge in [0.1, 0.15) is 5.76 Å². The highest BCUT2D eigenvalue weighted by Gasteiger charge is 2.47. The maximum Gasteiger partial charge on any atom is 0.300 e. The zero-order valence-corrected chi connectivity index (χ0v) is 19.0. The minimum absolute atomic E-state index is 0.0768. The molecule has 1 aromatic heterocycles. The summed E-state index contributed by atoms with van der Waals surface area (Å²) in [6.07, 6.45) is 3.05. The van der Waals surface area contributed by atoms with Crippen LogP contribution in [0.5, 0.6) is 0 Å². The van der Waals surface area contributed by atoms with Gasteiger partial charge in [-0.3, -0.25) is 19.5 Å². The number of hydrogen-bond acceptors (Lipinski definition) is 6. The number of sulfonamides is 1. The summed E-state index contributed by atoms with van der Waals surface area (Å²) in [5.74, 6) is -2.01. The Morgan fingerprint density at radius 2 is 1.54 bits per heavy atom. The molecule has 1 saturated heterocycles. The molecule has 3 N–H and O–H groups in total. The molecule has 0 bridgehead atoms. The number of aliphatic hydroxyl groups excluding tert-OH is 1. The first-order valence-corrected chi connectivity index (χ1v) is 12.1. The van der Waals surface area contributed by atoms with E-state index in [2.05, 4.69) is 4.98 Å². The number of primary sulfonamides is 1. The summed E-state index contributed by atoms with van der Waals surface area (Å²) in [7, 11) is -3.94. The van der Waals surface area contributed by atoms with Gasteiger partial charge in [-0.05, 0) is 58.8 Å². The Labute approximate surface area is 201 Å². The molecule has 3 aromatic carbocycles. The molecule has 35 heavy (non-hydrogen) atoms. The van der Waals surface area contributed by atoms with Gasteiger partial charge in [0.05, 0.1) is 16.5 Å². The number of nitrogens with zero attached hydrogens (tertiary/aromatic N) is 2. The highest BCUT2D eigenvalue weighted by atomic mass is 32.2. The number of rotatable bonds is 4. The van der Waals surface area contributed by atoms with Gasteiger partial charge in [0.15, 0.2) is 0 Å². The Balaban J connectivity index is 1.69. The number of carbonyl (C=O) groups is 2. The molecule has 8 nitrogen and oxygen atoms in total. The Morgan fingerprint density at radius 1 is 0.886 bits per heavy atom. The summed E-state index contributed by atoms with van der Waals surface area (Å²) in [6.45, 7) is 0. The van der Waals surface area contributed by atoms with E-state index in [-0.39, 0.29) is 21.9 Å². The van der Waals surface area contributed by atoms with Crippen LogP contribution >= 0.6 is 0 Å². The number of carbonyl (C=O) groups excluding carboxylic acids is 2. The van der Waals surface area contributed by atoms with E-state index in [1.165, 1.54) is 41.6 Å². The molecule has 2 heterocycles. The van der Waals surface area contributed by atoms with Crippen molar-refractivity contribution in [3.8, 4) is 0 Å². The average Bonchev–Trinajstić information content (AvgIpc) is 3.13. The van der Waals surface area contributed by atoms with Crippen molar-refractivity contribution in [3.05, 3.63) is 108 Å². The van der Waals surface area contributed by atoms with Crippen LogP contribution in [0.15, 0.2) is 102 Å². The van der Waals surface area contributed by atoms with Crippen molar-refractivity contribution in [1.82, 2.24) is 4.98 Å². The SMILES string of the molecule is NS(=O)(=O)c1ccc(N2C(=O)C(=O)/C(=C(\O)c3ccc4ccccc4c3)C2c2ccncc2)cc1. The summed E-state index contributed by atoms with van der Waals surface area (Å²) >= 11 is 0. The third-order valence-electron chi connectivity index (χ3n) is 5.93. The van der Waals surface area contributed by atoms with Crippen LogP contribution in [0.2, 0.25) is 0 Å². The maximum absolute atomic E-state index is 13.2. The van der Waals surface area contributed by atoms with Crippen LogP contribution < -0.4 is 10.0 Å². The van der Waals surface area contributed by atoms with Gasteiger partial charge in [-0.15, -0.1) is 0 Å². The zero-order chi connectivity index (χ0) is 24.7. The molecule has 0 aliphatic carbocycles. The van der Waals surface area contributed by atoms with Crippen molar-refractivity contribution in [3.63, 3.8) is 0 Å². The van der Waals surface area contributed by atoms with Gasteiger partial charge in [-0.2, -0.15) is 0 Å². The maximum atomic E-state index is 13.2. The van der Waals surface area contributed by atoms with E-state index in [1.807, 2.05) is 30.3 Å². The number of amides is 1. The smallest absolute Gasteiger partial charge is 0.300 e. The number of nitrogens with two attached hydrogens (primary N) is 1. The molecule has 1 atom stereocenters. The number of aromatic nitrogens is 1. The molecule has 1 aliphatic rings. The fourth-order valence-corrected chi connectivity index (χ4v) is 4.76. The number of pyridine rings is 1. The standard InChI is InChI=1S/C26H19N3O5S/c27-35(33,34)21-9-7-20(8-10-21)29-23(17-11-13-28-14-12-17)22(25(31)26(29)32)24(30)19-6-5-16-3-1-2-4-18(16)15-19/h1-15,23,30H,(H2,27,33,34)/b24-22-. The third kappa shape index (κ3) is 3.96. The first-order chi connectivity index (χ1) is 16.8. The molecule has 1 fully saturated rings. The molecule has 0 radical (unpaired) electrons. The van der Waals surface area contributed by atoms with E-state index in [0.29, 0.717) is 11.1 Å². The topological polar surface area (TPSA) is 131 Å². The van der Waals surface area contributed by atoms with Crippen LogP contribution in [0.4, 0.5) is 5.69 Å². The lowest BCUT2D eigenvalue weighted by Crippen LogP contribution is -2.29. The highest BCUT2D eigenvalue weighted by molar-refractivity contribution is 7.89. The molecular formula is C26H19N3O5S. The molecule has 1 aliphatic heterocycles. The van der Waals surface area contributed by atoms with Crippen LogP contribution in [-0.4, -0.2) is 30.2 Å². The van der Waals surface area contributed by atoms with Crippen LogP contribution in [0.25, 0.3) is 16.5 Å². The van der Waals surface area contributed by atoms with Crippen molar-refractivity contribution in [2.24, 2.45) is 5.14 Å². The number of benzene rings is 3. The summed E-state index contributed by atoms with van der Waals surface area (Å²) in [4.78, 5) is 31.5. The number of hydrogen-bond donors (Lipinski definition) is 2. The second kappa shape index (κ2) is 8.46. The molecule has 174 valence electrons. The van der Waals surface area contributed by atoms with Crippen molar-refractivity contribution < 1.29 is 23.1 Å². The lowest BCUT2D eigenvalue weighted by molar-refractivity contribution is -0.132. The molecule has 1 amide bonds. The second-order valence-electron chi connectivity index (χ2n) is 8.05. The lowest BCUT2D eigenvalue weighted by Gasteiger charge is -2.25. The molecule has 0 spiro atoms. The van der Waals surface area contributed by atoms with E-state index >= 15 is 0 Å². The van der Waals surface area contributed by atoms with Crippen LogP contribution in [0.3, 0.4) is 0 Å². The third-order valence-corrected chi connectivity index (χ3v) is 6.86. The molecule has 0 saturated carbocycles. The van der Waals surface area contributed by atoms with Crippen molar-refractivity contribution in [1.29, 1.82) is 0 Å². The van der Waals surface area contributed by atoms with E-state index in [9.17, 15) is 23.1 Å². The molecule has 1 unspecified atom stereocenters. The quantitative estimate of drug-likeness (QED) is 0.258. The van der Waals surface area contributed by atoms with Crippen molar-refractivity contribution in [2.45, 2.75) is 10.9 Å². The molecule has 9 heteroatoms. The van der Waals surface area contributed by atoms with Gasteiger partial charge in [0, 0.05) is 23.6 Å². The van der Waals surface area contributed by atoms with Gasteiger partial charge < -0.3 is 5.11 Å². The monoisotopic (exact) mass is 485 g/mol. The number of Topliss-reactive ketones (excluding diaryl/α,β-unsaturated/α-hetero) is 1. The van der Waals surface area contributed by atoms with E-state index < -0.39 is 27.8 Å². The largest absolute Gasteiger partial charge is 0.507 e. The van der Waals surface area contributed by atoms with Crippen LogP contribution in [0, 0.1) is 0 Å². The van der Waals surface area contributed by atoms with E-state index in [0.717, 1.165) is 10.8 Å². The predicted octanol–water partition coefficient (Wildman–Crippen LogP) is 3.51. The van der Waals surface area contributed by atoms with Crippen molar-refractivity contribution in [2.75, 3.05) is 4.90 Å². The Kier molecular flexibility index (Phi) is 5.43. The summed E-state index contributed by atoms with van der Waals surface area (Å²) < 4.78 is 23.3. The fraction of sp³-hybridized carbons (Fsp3) is 0.0385. The summed E-state index contributed by atoms with van der Waals surface area (Å²) in [6, 6.07) is 20.5. The number of aliphatic hydroxyl groups is 1. The van der Waals surface area contributed by atoms with Gasteiger partial charge in [-0.1, -0.05) is 36.4 Å². The van der Waals surface area contributed by atoms with Crippen LogP contribution in [-0.2, 0) is 19.6 Å². The summed E-state index contributed by atoms with van der Waals surface area (Å²) in [5, 5.41) is 18.3. The molecule has 4 aromatic rings. The zero-order valence-electron chi connectivity index (χ0n) is 18.2. The number of anilines is 1. The van der Waals surface area contributed by atoms with E-state index in [1.54, 1.807) is 24.3 Å². The lowest BCUT2D eigenvalue weighted by atomic mass is 9.95. The minimum atomic E-state index is -3.94. The molecule has 5 rings (SSSR count). The average molecular weight is 486 g/mol. The van der Waals surface area contributed by atoms with Gasteiger partial charge in [-0.25, -0.2) is 13.6 Å². The first-order valence-electron chi connectivity index (χ1n) is 10.6. The first kappa shape index (κ1) is 22.5. The summed E-state index contributed by atoms with van der Waals surface area (Å²) in [5.41, 5.74) is 1.15. The predicted molar refractivity (Wildman–Crippen MR) is 131 cm³/mol. The van der Waals surface area contributed by atoms with Gasteiger partial charge in [0.25, 0.3) is 11.7 Å². The van der Waals surface area contributed by atoms with Gasteiger partial charge in [0.2, 0.25) is 10.0 Å². The normalized spacial score (nSPS) is 17.7. The number of ketones is 1. The Morgan fingerprint density at radius 3 is 2.20 bits per heavy atom. The van der Waals surface area contributed by atoms with Crippen molar-refractivity contribution >= 4 is 43.9 Å². The highest BCUT2D eigenvalue weighted by Crippen LogP contribution is 2.42. The van der Waals surface area contributed by atoms with Gasteiger partial charge >= 0.3 is 0 Å². The Hall–Kier alpha value is -4.34. The molecular weight excluding hydrogens is 466 g/mol.